The Hall–Kier alpha value is -2.32. The largest absolute Gasteiger partial charge is 0.479 e. The molecule has 0 aliphatic carbocycles. The number of rotatable bonds is 7. The molecule has 2 N–H and O–H groups in total. The topological polar surface area (TPSA) is 128 Å². The van der Waals surface area contributed by atoms with Crippen LogP contribution in [0.5, 0.6) is 0 Å². The number of carboxylic acid groups (broad SMARTS) is 1. The number of aliphatic carboxylic acids is 1. The number of carboxylic acids is 1. The zero-order valence-electron chi connectivity index (χ0n) is 13.9. The predicted octanol–water partition coefficient (Wildman–Crippen LogP) is 0.851. The van der Waals surface area contributed by atoms with Crippen molar-refractivity contribution in [2.75, 3.05) is 13.2 Å². The summed E-state index contributed by atoms with van der Waals surface area (Å²) in [6, 6.07) is 0. The van der Waals surface area contributed by atoms with Crippen molar-refractivity contribution in [2.45, 2.75) is 52.2 Å². The molecule has 0 radical (unpaired) electrons. The molecular formula is C14H23NO8. The van der Waals surface area contributed by atoms with E-state index >= 15 is 0 Å². The van der Waals surface area contributed by atoms with E-state index in [1.165, 1.54) is 13.8 Å². The van der Waals surface area contributed by atoms with Gasteiger partial charge < -0.3 is 19.3 Å². The van der Waals surface area contributed by atoms with Gasteiger partial charge in [-0.15, -0.1) is 0 Å². The highest BCUT2D eigenvalue weighted by molar-refractivity contribution is 6.09. The molecule has 1 amide bonds. The fraction of sp³-hybridized carbons (Fsp3) is 0.714. The Morgan fingerprint density at radius 1 is 1.00 bits per heavy atom. The van der Waals surface area contributed by atoms with Gasteiger partial charge in [0, 0.05) is 0 Å². The molecule has 0 aromatic rings. The van der Waals surface area contributed by atoms with E-state index in [4.69, 9.17) is 4.74 Å². The number of nitrogens with one attached hydrogen (secondary N) is 1. The van der Waals surface area contributed by atoms with Crippen LogP contribution in [0, 0.1) is 0 Å². The van der Waals surface area contributed by atoms with E-state index in [9.17, 15) is 24.3 Å². The molecule has 0 fully saturated rings. The number of alkyl carbamates (subject to hydrolysis) is 1. The van der Waals surface area contributed by atoms with Crippen molar-refractivity contribution in [3.05, 3.63) is 0 Å². The van der Waals surface area contributed by atoms with Gasteiger partial charge in [-0.1, -0.05) is 0 Å². The molecule has 9 nitrogen and oxygen atoms in total. The van der Waals surface area contributed by atoms with E-state index in [0.717, 1.165) is 0 Å². The molecule has 23 heavy (non-hydrogen) atoms. The normalized spacial score (nSPS) is 13.4. The average molecular weight is 333 g/mol. The monoisotopic (exact) mass is 333 g/mol. The lowest BCUT2D eigenvalue weighted by Gasteiger charge is -2.29. The van der Waals surface area contributed by atoms with Gasteiger partial charge >= 0.3 is 24.0 Å². The first-order valence-corrected chi connectivity index (χ1v) is 7.06. The number of hydrogen-bond acceptors (Lipinski definition) is 7. The summed E-state index contributed by atoms with van der Waals surface area (Å²) in [4.78, 5) is 47.2. The van der Waals surface area contributed by atoms with Crippen LogP contribution in [0.15, 0.2) is 0 Å². The molecular weight excluding hydrogens is 310 g/mol. The Balaban J connectivity index is 5.55. The fourth-order valence-corrected chi connectivity index (χ4v) is 1.54. The fourth-order valence-electron chi connectivity index (χ4n) is 1.54. The molecule has 0 bridgehead atoms. The van der Waals surface area contributed by atoms with Crippen LogP contribution in [-0.4, -0.2) is 53.5 Å². The Labute approximate surface area is 134 Å². The molecule has 9 heteroatoms. The number of esters is 2. The molecule has 0 heterocycles. The van der Waals surface area contributed by atoms with Gasteiger partial charge in [0.2, 0.25) is 5.54 Å². The van der Waals surface area contributed by atoms with E-state index < -0.39 is 41.6 Å². The quantitative estimate of drug-likeness (QED) is 0.398. The van der Waals surface area contributed by atoms with Crippen molar-refractivity contribution in [1.29, 1.82) is 0 Å². The summed E-state index contributed by atoms with van der Waals surface area (Å²) >= 11 is 0. The average Bonchev–Trinajstić information content (AvgIpc) is 2.35. The van der Waals surface area contributed by atoms with E-state index in [-0.39, 0.29) is 13.2 Å². The van der Waals surface area contributed by atoms with Crippen molar-refractivity contribution in [3.8, 4) is 0 Å². The van der Waals surface area contributed by atoms with Crippen LogP contribution in [0.25, 0.3) is 0 Å². The first kappa shape index (κ1) is 20.7. The molecule has 0 aliphatic heterocycles. The molecule has 0 rings (SSSR count). The lowest BCUT2D eigenvalue weighted by molar-refractivity contribution is -0.168. The minimum Gasteiger partial charge on any atom is -0.479 e. The zero-order valence-corrected chi connectivity index (χ0v) is 13.9. The summed E-state index contributed by atoms with van der Waals surface area (Å²) < 4.78 is 14.3. The number of carbonyl (C=O) groups is 4. The molecule has 0 spiro atoms. The second-order valence-corrected chi connectivity index (χ2v) is 5.54. The number of amides is 1. The Kier molecular flexibility index (Phi) is 7.51. The van der Waals surface area contributed by atoms with E-state index in [0.29, 0.717) is 0 Å². The SMILES string of the molecule is CCOC(=O)C[C@@](NC(=O)OC(C)(C)C)(C(=O)O)C(=O)OCC. The summed E-state index contributed by atoms with van der Waals surface area (Å²) in [5.74, 6) is -4.01. The van der Waals surface area contributed by atoms with Gasteiger partial charge in [-0.25, -0.2) is 14.4 Å². The Morgan fingerprint density at radius 2 is 1.52 bits per heavy atom. The van der Waals surface area contributed by atoms with Crippen molar-refractivity contribution in [1.82, 2.24) is 5.32 Å². The van der Waals surface area contributed by atoms with Gasteiger partial charge in [-0.3, -0.25) is 10.1 Å². The summed E-state index contributed by atoms with van der Waals surface area (Å²) in [6.45, 7) is 7.52. The highest BCUT2D eigenvalue weighted by atomic mass is 16.6. The van der Waals surface area contributed by atoms with Crippen molar-refractivity contribution in [3.63, 3.8) is 0 Å². The zero-order chi connectivity index (χ0) is 18.3. The summed E-state index contributed by atoms with van der Waals surface area (Å²) in [7, 11) is 0. The third kappa shape index (κ3) is 6.54. The second kappa shape index (κ2) is 8.35. The summed E-state index contributed by atoms with van der Waals surface area (Å²) in [5, 5.41) is 11.3. The maximum atomic E-state index is 12.1. The maximum absolute atomic E-state index is 12.1. The van der Waals surface area contributed by atoms with Crippen LogP contribution in [0.2, 0.25) is 0 Å². The van der Waals surface area contributed by atoms with Gasteiger partial charge in [0.15, 0.2) is 0 Å². The van der Waals surface area contributed by atoms with Gasteiger partial charge in [0.05, 0.1) is 19.6 Å². The minimum absolute atomic E-state index is 0.0101. The maximum Gasteiger partial charge on any atom is 0.409 e. The van der Waals surface area contributed by atoms with E-state index in [2.05, 4.69) is 9.47 Å². The van der Waals surface area contributed by atoms with Crippen LogP contribution in [0.3, 0.4) is 0 Å². The molecule has 0 unspecified atom stereocenters. The summed E-state index contributed by atoms with van der Waals surface area (Å²) in [5.41, 5.74) is -3.54. The number of ether oxygens (including phenoxy) is 3. The van der Waals surface area contributed by atoms with Crippen LogP contribution in [0.1, 0.15) is 41.0 Å². The minimum atomic E-state index is -2.62. The Bertz CT molecular complexity index is 468. The molecule has 0 aromatic heterocycles. The molecule has 0 saturated heterocycles. The van der Waals surface area contributed by atoms with Gasteiger partial charge in [0.25, 0.3) is 0 Å². The number of hydrogen-bond donors (Lipinski definition) is 2. The van der Waals surface area contributed by atoms with Crippen LogP contribution >= 0.6 is 0 Å². The highest BCUT2D eigenvalue weighted by Gasteiger charge is 2.52. The van der Waals surface area contributed by atoms with Gasteiger partial charge in [0.1, 0.15) is 5.60 Å². The lowest BCUT2D eigenvalue weighted by Crippen LogP contribution is -2.62. The van der Waals surface area contributed by atoms with Crippen LogP contribution < -0.4 is 5.32 Å². The van der Waals surface area contributed by atoms with Gasteiger partial charge in [-0.05, 0) is 34.6 Å². The standard InChI is InChI=1S/C14H23NO8/c1-6-21-9(16)8-14(10(17)18,11(19)22-7-2)15-12(20)23-13(3,4)5/h6-8H2,1-5H3,(H,15,20)(H,17,18)/t14-/m1/s1. The molecule has 1 atom stereocenters. The van der Waals surface area contributed by atoms with E-state index in [1.807, 2.05) is 5.32 Å². The molecule has 0 aliphatic rings. The smallest absolute Gasteiger partial charge is 0.409 e. The van der Waals surface area contributed by atoms with Crippen LogP contribution in [0.4, 0.5) is 4.79 Å². The predicted molar refractivity (Wildman–Crippen MR) is 77.6 cm³/mol. The first-order valence-electron chi connectivity index (χ1n) is 7.06. The Morgan fingerprint density at radius 3 is 1.91 bits per heavy atom. The van der Waals surface area contributed by atoms with Crippen LogP contribution in [-0.2, 0) is 28.6 Å². The lowest BCUT2D eigenvalue weighted by atomic mass is 9.95. The van der Waals surface area contributed by atoms with Crippen molar-refractivity contribution >= 4 is 24.0 Å². The third-order valence-corrected chi connectivity index (χ3v) is 2.42. The first-order chi connectivity index (χ1) is 10.5. The van der Waals surface area contributed by atoms with Gasteiger partial charge in [-0.2, -0.15) is 0 Å². The van der Waals surface area contributed by atoms with Crippen molar-refractivity contribution < 1.29 is 38.5 Å². The highest BCUT2D eigenvalue weighted by Crippen LogP contribution is 2.17. The second-order valence-electron chi connectivity index (χ2n) is 5.54. The van der Waals surface area contributed by atoms with E-state index in [1.54, 1.807) is 20.8 Å². The number of carbonyl (C=O) groups excluding carboxylic acids is 3. The third-order valence-electron chi connectivity index (χ3n) is 2.42. The summed E-state index contributed by atoms with van der Waals surface area (Å²) in [6.07, 6.45) is -2.09. The van der Waals surface area contributed by atoms with Crippen molar-refractivity contribution in [2.24, 2.45) is 0 Å². The molecule has 132 valence electrons. The molecule has 0 saturated carbocycles. The molecule has 0 aromatic carbocycles.